The van der Waals surface area contributed by atoms with Crippen molar-refractivity contribution < 1.29 is 4.79 Å². The van der Waals surface area contributed by atoms with Crippen molar-refractivity contribution in [2.45, 2.75) is 13.5 Å². The topological polar surface area (TPSA) is 50.2 Å². The summed E-state index contributed by atoms with van der Waals surface area (Å²) < 4.78 is 1.76. The maximum absolute atomic E-state index is 12.0. The molecular weight excluding hydrogens is 252 g/mol. The fourth-order valence-electron chi connectivity index (χ4n) is 2.07. The van der Waals surface area contributed by atoms with Crippen LogP contribution in [-0.2, 0) is 18.4 Å². The highest BCUT2D eigenvalue weighted by Gasteiger charge is 2.09. The summed E-state index contributed by atoms with van der Waals surface area (Å²) in [6, 6.07) is 7.77. The second kappa shape index (κ2) is 6.34. The van der Waals surface area contributed by atoms with Crippen molar-refractivity contribution >= 4 is 11.6 Å². The molecule has 1 aromatic heterocycles. The van der Waals surface area contributed by atoms with Crippen LogP contribution in [0.25, 0.3) is 0 Å². The highest BCUT2D eigenvalue weighted by Crippen LogP contribution is 2.13. The van der Waals surface area contributed by atoms with Crippen LogP contribution in [0.1, 0.15) is 11.1 Å². The Morgan fingerprint density at radius 3 is 2.80 bits per heavy atom. The summed E-state index contributed by atoms with van der Waals surface area (Å²) in [6.07, 6.45) is 3.77. The third-order valence-electron chi connectivity index (χ3n) is 3.04. The largest absolute Gasteiger partial charge is 0.325 e. The number of rotatable bonds is 5. The second-order valence-corrected chi connectivity index (χ2v) is 5.06. The number of aromatic nitrogens is 2. The average molecular weight is 272 g/mol. The molecule has 0 spiro atoms. The molecule has 2 rings (SSSR count). The van der Waals surface area contributed by atoms with Crippen molar-refractivity contribution in [3.63, 3.8) is 0 Å². The van der Waals surface area contributed by atoms with Crippen LogP contribution < -0.4 is 5.32 Å². The van der Waals surface area contributed by atoms with Crippen molar-refractivity contribution in [2.24, 2.45) is 7.05 Å². The fourth-order valence-corrected chi connectivity index (χ4v) is 2.07. The highest BCUT2D eigenvalue weighted by molar-refractivity contribution is 5.92. The Kier molecular flexibility index (Phi) is 4.53. The number of carbonyl (C=O) groups excluding carboxylic acids is 1. The first kappa shape index (κ1) is 14.3. The van der Waals surface area contributed by atoms with Gasteiger partial charge in [-0.05, 0) is 25.6 Å². The van der Waals surface area contributed by atoms with Crippen molar-refractivity contribution in [1.29, 1.82) is 0 Å². The SMILES string of the molecule is Cc1ccccc1NC(=O)CN(C)Cc1cnn(C)c1. The lowest BCUT2D eigenvalue weighted by Gasteiger charge is -2.15. The first-order valence-electron chi connectivity index (χ1n) is 6.56. The fraction of sp³-hybridized carbons (Fsp3) is 0.333. The number of nitrogens with one attached hydrogen (secondary N) is 1. The Labute approximate surface area is 119 Å². The number of amides is 1. The van der Waals surface area contributed by atoms with E-state index in [1.54, 1.807) is 4.68 Å². The minimum Gasteiger partial charge on any atom is -0.325 e. The molecule has 0 aliphatic heterocycles. The molecular formula is C15H20N4O. The van der Waals surface area contributed by atoms with Gasteiger partial charge in [-0.3, -0.25) is 14.4 Å². The van der Waals surface area contributed by atoms with Crippen LogP contribution in [0.15, 0.2) is 36.7 Å². The molecule has 1 amide bonds. The molecule has 0 bridgehead atoms. The van der Waals surface area contributed by atoms with Gasteiger partial charge in [-0.1, -0.05) is 18.2 Å². The number of hydrogen-bond donors (Lipinski definition) is 1. The van der Waals surface area contributed by atoms with Gasteiger partial charge in [0.25, 0.3) is 0 Å². The number of nitrogens with zero attached hydrogens (tertiary/aromatic N) is 3. The molecule has 0 fully saturated rings. The lowest BCUT2D eigenvalue weighted by atomic mass is 10.2. The number of anilines is 1. The van der Waals surface area contributed by atoms with Crippen molar-refractivity contribution in [2.75, 3.05) is 18.9 Å². The molecule has 0 atom stereocenters. The first-order chi connectivity index (χ1) is 9.54. The van der Waals surface area contributed by atoms with Crippen molar-refractivity contribution in [3.05, 3.63) is 47.8 Å². The Morgan fingerprint density at radius 1 is 1.40 bits per heavy atom. The zero-order chi connectivity index (χ0) is 14.5. The van der Waals surface area contributed by atoms with E-state index in [0.29, 0.717) is 13.1 Å². The van der Waals surface area contributed by atoms with Gasteiger partial charge in [0.05, 0.1) is 12.7 Å². The summed E-state index contributed by atoms with van der Waals surface area (Å²) in [5.74, 6) is -0.00862. The van der Waals surface area contributed by atoms with Crippen molar-refractivity contribution in [3.8, 4) is 0 Å². The predicted molar refractivity (Wildman–Crippen MR) is 79.4 cm³/mol. The first-order valence-corrected chi connectivity index (χ1v) is 6.56. The quantitative estimate of drug-likeness (QED) is 0.903. The van der Waals surface area contributed by atoms with Crippen LogP contribution >= 0.6 is 0 Å². The number of hydrogen-bond acceptors (Lipinski definition) is 3. The standard InChI is InChI=1S/C15H20N4O/c1-12-6-4-5-7-14(12)17-15(20)11-18(2)9-13-8-16-19(3)10-13/h4-8,10H,9,11H2,1-3H3,(H,17,20). The molecule has 1 N–H and O–H groups in total. The molecule has 106 valence electrons. The monoisotopic (exact) mass is 272 g/mol. The van der Waals surface area contributed by atoms with Gasteiger partial charge in [-0.25, -0.2) is 0 Å². The number of para-hydroxylation sites is 1. The van der Waals surface area contributed by atoms with Crippen molar-refractivity contribution in [1.82, 2.24) is 14.7 Å². The van der Waals surface area contributed by atoms with E-state index in [-0.39, 0.29) is 5.91 Å². The summed E-state index contributed by atoms with van der Waals surface area (Å²) in [4.78, 5) is 14.0. The minimum absolute atomic E-state index is 0.00862. The molecule has 0 radical (unpaired) electrons. The summed E-state index contributed by atoms with van der Waals surface area (Å²) in [5, 5.41) is 7.05. The number of carbonyl (C=O) groups is 1. The van der Waals surface area contributed by atoms with Gasteiger partial charge in [-0.15, -0.1) is 0 Å². The van der Waals surface area contributed by atoms with Crippen LogP contribution in [-0.4, -0.2) is 34.2 Å². The van der Waals surface area contributed by atoms with Crippen LogP contribution in [0.5, 0.6) is 0 Å². The van der Waals surface area contributed by atoms with Gasteiger partial charge < -0.3 is 5.32 Å². The average Bonchev–Trinajstić information content (AvgIpc) is 2.77. The summed E-state index contributed by atoms with van der Waals surface area (Å²) in [7, 11) is 3.80. The zero-order valence-electron chi connectivity index (χ0n) is 12.1. The number of aryl methyl sites for hydroxylation is 2. The second-order valence-electron chi connectivity index (χ2n) is 5.06. The molecule has 0 aliphatic carbocycles. The Morgan fingerprint density at radius 2 is 2.15 bits per heavy atom. The van der Waals surface area contributed by atoms with Gasteiger partial charge in [0.2, 0.25) is 5.91 Å². The van der Waals surface area contributed by atoms with E-state index in [1.807, 2.05) is 62.6 Å². The summed E-state index contributed by atoms with van der Waals surface area (Å²) in [6.45, 7) is 3.03. The molecule has 5 nitrogen and oxygen atoms in total. The Hall–Kier alpha value is -2.14. The molecule has 20 heavy (non-hydrogen) atoms. The smallest absolute Gasteiger partial charge is 0.238 e. The van der Waals surface area contributed by atoms with E-state index < -0.39 is 0 Å². The third kappa shape index (κ3) is 3.93. The van der Waals surface area contributed by atoms with Gasteiger partial charge in [0.1, 0.15) is 0 Å². The predicted octanol–water partition coefficient (Wildman–Crippen LogP) is 1.80. The third-order valence-corrected chi connectivity index (χ3v) is 3.04. The van der Waals surface area contributed by atoms with E-state index in [1.165, 1.54) is 0 Å². The van der Waals surface area contributed by atoms with Gasteiger partial charge in [-0.2, -0.15) is 5.10 Å². The summed E-state index contributed by atoms with van der Waals surface area (Å²) >= 11 is 0. The maximum atomic E-state index is 12.0. The van der Waals surface area contributed by atoms with E-state index in [2.05, 4.69) is 10.4 Å². The normalized spacial score (nSPS) is 10.8. The Balaban J connectivity index is 1.86. The molecule has 1 heterocycles. The van der Waals surface area contributed by atoms with Crippen LogP contribution in [0.4, 0.5) is 5.69 Å². The summed E-state index contributed by atoms with van der Waals surface area (Å²) in [5.41, 5.74) is 3.03. The molecule has 2 aromatic rings. The van der Waals surface area contributed by atoms with Crippen LogP contribution in [0.2, 0.25) is 0 Å². The highest BCUT2D eigenvalue weighted by atomic mass is 16.2. The van der Waals surface area contributed by atoms with E-state index >= 15 is 0 Å². The minimum atomic E-state index is -0.00862. The molecule has 0 aliphatic rings. The number of benzene rings is 1. The molecule has 0 saturated carbocycles. The van der Waals surface area contributed by atoms with Gasteiger partial charge in [0.15, 0.2) is 0 Å². The van der Waals surface area contributed by atoms with E-state index in [0.717, 1.165) is 16.8 Å². The lowest BCUT2D eigenvalue weighted by molar-refractivity contribution is -0.117. The Bertz CT molecular complexity index is 591. The molecule has 5 heteroatoms. The molecule has 0 saturated heterocycles. The van der Waals surface area contributed by atoms with Gasteiger partial charge in [0, 0.05) is 31.0 Å². The van der Waals surface area contributed by atoms with Crippen LogP contribution in [0.3, 0.4) is 0 Å². The molecule has 1 aromatic carbocycles. The van der Waals surface area contributed by atoms with Gasteiger partial charge >= 0.3 is 0 Å². The molecule has 0 unspecified atom stereocenters. The number of likely N-dealkylation sites (N-methyl/N-ethyl adjacent to an activating group) is 1. The lowest BCUT2D eigenvalue weighted by Crippen LogP contribution is -2.29. The van der Waals surface area contributed by atoms with Crippen LogP contribution in [0, 0.1) is 6.92 Å². The van der Waals surface area contributed by atoms with E-state index in [9.17, 15) is 4.79 Å². The maximum Gasteiger partial charge on any atom is 0.238 e. The van der Waals surface area contributed by atoms with E-state index in [4.69, 9.17) is 0 Å². The zero-order valence-corrected chi connectivity index (χ0v) is 12.1.